The molecule has 1 atom stereocenters. The Morgan fingerprint density at radius 2 is 1.86 bits per heavy atom. The lowest BCUT2D eigenvalue weighted by Gasteiger charge is -2.34. The van der Waals surface area contributed by atoms with Crippen LogP contribution in [0.25, 0.3) is 0 Å². The van der Waals surface area contributed by atoms with E-state index >= 15 is 0 Å². The topological polar surface area (TPSA) is 49.5 Å². The molecule has 0 amide bonds. The molecule has 0 aliphatic heterocycles. The molecule has 1 unspecified atom stereocenters. The Hall–Kier alpha value is -0.120. The van der Waals surface area contributed by atoms with E-state index in [4.69, 9.17) is 5.73 Å². The largest absolute Gasteiger partial charge is 0.390 e. The van der Waals surface area contributed by atoms with Crippen molar-refractivity contribution in [3.05, 3.63) is 0 Å². The third kappa shape index (κ3) is 3.95. The Balaban J connectivity index is 2.33. The van der Waals surface area contributed by atoms with Crippen molar-refractivity contribution in [3.8, 4) is 0 Å². The van der Waals surface area contributed by atoms with Crippen LogP contribution in [0.5, 0.6) is 0 Å². The van der Waals surface area contributed by atoms with Crippen LogP contribution in [0.4, 0.5) is 0 Å². The number of rotatable bonds is 4. The van der Waals surface area contributed by atoms with E-state index in [9.17, 15) is 5.11 Å². The molecular weight excluding hydrogens is 176 g/mol. The quantitative estimate of drug-likeness (QED) is 0.710. The number of nitrogens with two attached hydrogens (primary N) is 1. The summed E-state index contributed by atoms with van der Waals surface area (Å²) in [6.45, 7) is 0.863. The van der Waals surface area contributed by atoms with Crippen molar-refractivity contribution in [2.24, 2.45) is 5.73 Å². The summed E-state index contributed by atoms with van der Waals surface area (Å²) < 4.78 is 0. The molecule has 0 aromatic heterocycles. The molecule has 0 aromatic rings. The predicted octanol–water partition coefficient (Wildman–Crippen LogP) is 0.961. The molecule has 3 nitrogen and oxygen atoms in total. The summed E-state index contributed by atoms with van der Waals surface area (Å²) in [7, 11) is 4.04. The molecule has 1 aliphatic rings. The molecule has 0 aromatic carbocycles. The van der Waals surface area contributed by atoms with Crippen LogP contribution < -0.4 is 5.73 Å². The van der Waals surface area contributed by atoms with Crippen molar-refractivity contribution in [3.63, 3.8) is 0 Å². The number of nitrogens with zero attached hydrogens (tertiary/aromatic N) is 1. The third-order valence-corrected chi connectivity index (χ3v) is 3.03. The SMILES string of the molecule is CN(C)CC(N)CC1(O)CCCCC1. The van der Waals surface area contributed by atoms with E-state index in [1.165, 1.54) is 6.42 Å². The molecule has 14 heavy (non-hydrogen) atoms. The zero-order chi connectivity index (χ0) is 10.6. The summed E-state index contributed by atoms with van der Waals surface area (Å²) in [5.41, 5.74) is 5.52. The zero-order valence-electron chi connectivity index (χ0n) is 9.50. The summed E-state index contributed by atoms with van der Waals surface area (Å²) in [5.74, 6) is 0. The van der Waals surface area contributed by atoms with Gasteiger partial charge in [0.1, 0.15) is 0 Å². The van der Waals surface area contributed by atoms with Gasteiger partial charge in [-0.2, -0.15) is 0 Å². The van der Waals surface area contributed by atoms with Crippen molar-refractivity contribution >= 4 is 0 Å². The van der Waals surface area contributed by atoms with Crippen LogP contribution in [0.15, 0.2) is 0 Å². The van der Waals surface area contributed by atoms with Gasteiger partial charge in [0.25, 0.3) is 0 Å². The van der Waals surface area contributed by atoms with Gasteiger partial charge in [-0.25, -0.2) is 0 Å². The van der Waals surface area contributed by atoms with E-state index in [2.05, 4.69) is 4.90 Å². The summed E-state index contributed by atoms with van der Waals surface area (Å²) in [4.78, 5) is 2.08. The highest BCUT2D eigenvalue weighted by Gasteiger charge is 2.30. The van der Waals surface area contributed by atoms with Crippen LogP contribution in [0.3, 0.4) is 0 Å². The average Bonchev–Trinajstić information content (AvgIpc) is 2.02. The number of aliphatic hydroxyl groups is 1. The van der Waals surface area contributed by atoms with Gasteiger partial charge in [-0.1, -0.05) is 19.3 Å². The Morgan fingerprint density at radius 3 is 2.36 bits per heavy atom. The molecule has 0 spiro atoms. The molecule has 1 saturated carbocycles. The fraction of sp³-hybridized carbons (Fsp3) is 1.00. The summed E-state index contributed by atoms with van der Waals surface area (Å²) in [6, 6.07) is 0.105. The van der Waals surface area contributed by atoms with Crippen molar-refractivity contribution in [1.29, 1.82) is 0 Å². The van der Waals surface area contributed by atoms with Crippen molar-refractivity contribution in [1.82, 2.24) is 4.90 Å². The maximum atomic E-state index is 10.3. The third-order valence-electron chi connectivity index (χ3n) is 3.03. The van der Waals surface area contributed by atoms with Gasteiger partial charge in [-0.05, 0) is 33.4 Å². The highest BCUT2D eigenvalue weighted by molar-refractivity contribution is 4.86. The second kappa shape index (κ2) is 5.10. The van der Waals surface area contributed by atoms with E-state index in [0.29, 0.717) is 0 Å². The minimum atomic E-state index is -0.465. The van der Waals surface area contributed by atoms with Gasteiger partial charge in [0.15, 0.2) is 0 Å². The van der Waals surface area contributed by atoms with Crippen LogP contribution >= 0.6 is 0 Å². The fourth-order valence-corrected chi connectivity index (χ4v) is 2.44. The van der Waals surface area contributed by atoms with Crippen LogP contribution in [0.1, 0.15) is 38.5 Å². The van der Waals surface area contributed by atoms with Gasteiger partial charge in [0.05, 0.1) is 5.60 Å². The first-order valence-corrected chi connectivity index (χ1v) is 5.64. The fourth-order valence-electron chi connectivity index (χ4n) is 2.44. The Bertz CT molecular complexity index is 165. The van der Waals surface area contributed by atoms with Crippen molar-refractivity contribution in [2.75, 3.05) is 20.6 Å². The van der Waals surface area contributed by atoms with E-state index in [0.717, 1.165) is 38.6 Å². The van der Waals surface area contributed by atoms with Gasteiger partial charge in [-0.15, -0.1) is 0 Å². The lowest BCUT2D eigenvalue weighted by atomic mass is 9.80. The van der Waals surface area contributed by atoms with Gasteiger partial charge in [0, 0.05) is 12.6 Å². The van der Waals surface area contributed by atoms with Gasteiger partial charge < -0.3 is 15.7 Å². The van der Waals surface area contributed by atoms with E-state index in [-0.39, 0.29) is 6.04 Å². The number of likely N-dealkylation sites (N-methyl/N-ethyl adjacent to an activating group) is 1. The van der Waals surface area contributed by atoms with E-state index < -0.39 is 5.60 Å². The molecular formula is C11H24N2O. The predicted molar refractivity (Wildman–Crippen MR) is 59.2 cm³/mol. The molecule has 3 N–H and O–H groups in total. The summed E-state index contributed by atoms with van der Waals surface area (Å²) in [5, 5.41) is 10.3. The average molecular weight is 200 g/mol. The first-order valence-electron chi connectivity index (χ1n) is 5.64. The second-order valence-corrected chi connectivity index (χ2v) is 5.01. The smallest absolute Gasteiger partial charge is 0.0663 e. The lowest BCUT2D eigenvalue weighted by molar-refractivity contribution is -0.0108. The second-order valence-electron chi connectivity index (χ2n) is 5.01. The highest BCUT2D eigenvalue weighted by Crippen LogP contribution is 2.31. The summed E-state index contributed by atoms with van der Waals surface area (Å²) in [6.07, 6.45) is 6.22. The molecule has 0 radical (unpaired) electrons. The normalized spacial score (nSPS) is 23.8. The molecule has 0 bridgehead atoms. The van der Waals surface area contributed by atoms with Crippen LogP contribution in [0, 0.1) is 0 Å². The van der Waals surface area contributed by atoms with Crippen molar-refractivity contribution in [2.45, 2.75) is 50.2 Å². The van der Waals surface area contributed by atoms with Crippen LogP contribution in [0.2, 0.25) is 0 Å². The first kappa shape index (κ1) is 12.0. The molecule has 0 heterocycles. The number of hydrogen-bond donors (Lipinski definition) is 2. The van der Waals surface area contributed by atoms with E-state index in [1.54, 1.807) is 0 Å². The molecule has 1 rings (SSSR count). The Labute approximate surface area is 87.3 Å². The molecule has 1 aliphatic carbocycles. The Morgan fingerprint density at radius 1 is 1.29 bits per heavy atom. The minimum Gasteiger partial charge on any atom is -0.390 e. The lowest BCUT2D eigenvalue weighted by Crippen LogP contribution is -2.43. The Kier molecular flexibility index (Phi) is 4.35. The maximum absolute atomic E-state index is 10.3. The number of hydrogen-bond acceptors (Lipinski definition) is 3. The highest BCUT2D eigenvalue weighted by atomic mass is 16.3. The maximum Gasteiger partial charge on any atom is 0.0663 e. The van der Waals surface area contributed by atoms with Gasteiger partial charge >= 0.3 is 0 Å². The van der Waals surface area contributed by atoms with Crippen LogP contribution in [-0.4, -0.2) is 42.3 Å². The monoisotopic (exact) mass is 200 g/mol. The molecule has 1 fully saturated rings. The van der Waals surface area contributed by atoms with E-state index in [1.807, 2.05) is 14.1 Å². The summed E-state index contributed by atoms with van der Waals surface area (Å²) >= 11 is 0. The van der Waals surface area contributed by atoms with Crippen molar-refractivity contribution < 1.29 is 5.11 Å². The van der Waals surface area contributed by atoms with Gasteiger partial charge in [-0.3, -0.25) is 0 Å². The van der Waals surface area contributed by atoms with Crippen LogP contribution in [-0.2, 0) is 0 Å². The first-order chi connectivity index (χ1) is 6.52. The standard InChI is InChI=1S/C11H24N2O/c1-13(2)9-10(12)8-11(14)6-4-3-5-7-11/h10,14H,3-9,12H2,1-2H3. The van der Waals surface area contributed by atoms with Gasteiger partial charge in [0.2, 0.25) is 0 Å². The molecule has 0 saturated heterocycles. The minimum absolute atomic E-state index is 0.105. The molecule has 84 valence electrons. The molecule has 3 heteroatoms. The zero-order valence-corrected chi connectivity index (χ0v) is 9.50.